The Bertz CT molecular complexity index is 921. The van der Waals surface area contributed by atoms with Crippen LogP contribution >= 0.6 is 0 Å². The summed E-state index contributed by atoms with van der Waals surface area (Å²) in [6, 6.07) is 10.4. The molecule has 25 heavy (non-hydrogen) atoms. The van der Waals surface area contributed by atoms with Crippen LogP contribution in [0.2, 0.25) is 0 Å². The zero-order valence-corrected chi connectivity index (χ0v) is 13.9. The normalized spacial score (nSPS) is 12.1. The van der Waals surface area contributed by atoms with Gasteiger partial charge in [-0.05, 0) is 24.8 Å². The lowest BCUT2D eigenvalue weighted by molar-refractivity contribution is -0.139. The van der Waals surface area contributed by atoms with Crippen molar-refractivity contribution in [3.05, 3.63) is 54.1 Å². The third kappa shape index (κ3) is 3.21. The maximum atomic E-state index is 12.9. The molecule has 0 aliphatic carbocycles. The summed E-state index contributed by atoms with van der Waals surface area (Å²) in [5, 5.41) is 17.7. The van der Waals surface area contributed by atoms with E-state index in [2.05, 4.69) is 15.2 Å². The lowest BCUT2D eigenvalue weighted by atomic mass is 10.0. The minimum absolute atomic E-state index is 0.0553. The number of carboxylic acid groups (broad SMARTS) is 1. The molecule has 0 aliphatic rings. The molecule has 0 saturated carbocycles. The van der Waals surface area contributed by atoms with Crippen LogP contribution in [0.1, 0.15) is 18.3 Å². The fourth-order valence-corrected chi connectivity index (χ4v) is 2.87. The topological polar surface area (TPSA) is 99.2 Å². The van der Waals surface area contributed by atoms with Crippen LogP contribution in [0.3, 0.4) is 0 Å². The molecule has 0 spiro atoms. The van der Waals surface area contributed by atoms with Crippen molar-refractivity contribution in [2.45, 2.75) is 26.3 Å². The van der Waals surface area contributed by atoms with Crippen molar-refractivity contribution in [3.8, 4) is 0 Å². The number of hydrogen-bond donors (Lipinski definition) is 2. The molecule has 7 heteroatoms. The molecule has 0 bridgehead atoms. The van der Waals surface area contributed by atoms with Crippen LogP contribution in [-0.2, 0) is 16.0 Å². The van der Waals surface area contributed by atoms with Crippen molar-refractivity contribution in [3.63, 3.8) is 0 Å². The summed E-state index contributed by atoms with van der Waals surface area (Å²) in [5.74, 6) is -1.03. The number of aryl methyl sites for hydroxylation is 1. The van der Waals surface area contributed by atoms with E-state index in [1.165, 1.54) is 18.2 Å². The minimum Gasteiger partial charge on any atom is -0.480 e. The number of rotatable bonds is 5. The van der Waals surface area contributed by atoms with Gasteiger partial charge in [0, 0.05) is 5.39 Å². The third-order valence-corrected chi connectivity index (χ3v) is 4.14. The Morgan fingerprint density at radius 2 is 2.00 bits per heavy atom. The first-order chi connectivity index (χ1) is 12.0. The standard InChI is InChI=1S/C18H18N4O3/c1-11-7-8-13-5-3-4-6-14(13)17(11)22(12(2)18(24)25)16(23)9-15-19-10-20-21-15/h3-8,10,12H,9H2,1-2H3,(H,24,25)(H,19,20,21)/t12-/m0/s1. The molecule has 0 radical (unpaired) electrons. The van der Waals surface area contributed by atoms with E-state index in [-0.39, 0.29) is 12.3 Å². The van der Waals surface area contributed by atoms with Crippen LogP contribution in [0.15, 0.2) is 42.7 Å². The summed E-state index contributed by atoms with van der Waals surface area (Å²) in [5.41, 5.74) is 1.44. The molecule has 2 N–H and O–H groups in total. The number of carbonyl (C=O) groups excluding carboxylic acids is 1. The number of hydrogen-bond acceptors (Lipinski definition) is 4. The summed E-state index contributed by atoms with van der Waals surface area (Å²) in [6.07, 6.45) is 1.26. The second kappa shape index (κ2) is 6.72. The van der Waals surface area contributed by atoms with Crippen LogP contribution in [0.25, 0.3) is 10.8 Å². The number of aromatic amines is 1. The van der Waals surface area contributed by atoms with Gasteiger partial charge in [-0.25, -0.2) is 9.78 Å². The fraction of sp³-hybridized carbons (Fsp3) is 0.222. The van der Waals surface area contributed by atoms with Gasteiger partial charge in [-0.3, -0.25) is 14.8 Å². The van der Waals surface area contributed by atoms with E-state index in [0.717, 1.165) is 16.3 Å². The number of aliphatic carboxylic acids is 1. The molecular formula is C18H18N4O3. The highest BCUT2D eigenvalue weighted by molar-refractivity contribution is 6.08. The highest BCUT2D eigenvalue weighted by atomic mass is 16.4. The fourth-order valence-electron chi connectivity index (χ4n) is 2.87. The van der Waals surface area contributed by atoms with Gasteiger partial charge in [0.2, 0.25) is 5.91 Å². The van der Waals surface area contributed by atoms with Gasteiger partial charge >= 0.3 is 5.97 Å². The molecular weight excluding hydrogens is 320 g/mol. The van der Waals surface area contributed by atoms with Crippen molar-refractivity contribution < 1.29 is 14.7 Å². The zero-order valence-electron chi connectivity index (χ0n) is 13.9. The summed E-state index contributed by atoms with van der Waals surface area (Å²) in [4.78, 5) is 29.9. The Balaban J connectivity index is 2.13. The van der Waals surface area contributed by atoms with Crippen molar-refractivity contribution in [1.82, 2.24) is 15.2 Å². The average Bonchev–Trinajstić information content (AvgIpc) is 3.09. The summed E-state index contributed by atoms with van der Waals surface area (Å²) in [6.45, 7) is 3.37. The summed E-state index contributed by atoms with van der Waals surface area (Å²) in [7, 11) is 0. The van der Waals surface area contributed by atoms with E-state index in [0.29, 0.717) is 11.5 Å². The Morgan fingerprint density at radius 1 is 1.24 bits per heavy atom. The first kappa shape index (κ1) is 16.6. The van der Waals surface area contributed by atoms with Crippen molar-refractivity contribution in [2.75, 3.05) is 4.90 Å². The molecule has 0 saturated heterocycles. The number of H-pyrrole nitrogens is 1. The van der Waals surface area contributed by atoms with E-state index >= 15 is 0 Å². The number of nitrogens with zero attached hydrogens (tertiary/aromatic N) is 3. The number of benzene rings is 2. The monoisotopic (exact) mass is 338 g/mol. The van der Waals surface area contributed by atoms with Crippen molar-refractivity contribution >= 4 is 28.3 Å². The Labute approximate surface area is 144 Å². The van der Waals surface area contributed by atoms with Gasteiger partial charge in [-0.1, -0.05) is 36.4 Å². The molecule has 0 unspecified atom stereocenters. The number of anilines is 1. The van der Waals surface area contributed by atoms with Crippen LogP contribution in [0.5, 0.6) is 0 Å². The SMILES string of the molecule is Cc1ccc2ccccc2c1N(C(=O)Cc1ncn[nH]1)[C@@H](C)C(=O)O. The zero-order chi connectivity index (χ0) is 18.0. The van der Waals surface area contributed by atoms with Gasteiger partial charge in [-0.2, -0.15) is 5.10 Å². The highest BCUT2D eigenvalue weighted by Gasteiger charge is 2.30. The Hall–Kier alpha value is -3.22. The van der Waals surface area contributed by atoms with E-state index in [1.807, 2.05) is 43.3 Å². The van der Waals surface area contributed by atoms with Crippen LogP contribution in [0, 0.1) is 6.92 Å². The molecule has 3 aromatic rings. The first-order valence-electron chi connectivity index (χ1n) is 7.86. The molecule has 3 rings (SSSR count). The van der Waals surface area contributed by atoms with Crippen molar-refractivity contribution in [1.29, 1.82) is 0 Å². The Kier molecular flexibility index (Phi) is 4.47. The largest absolute Gasteiger partial charge is 0.480 e. The van der Waals surface area contributed by atoms with E-state index in [4.69, 9.17) is 0 Å². The van der Waals surface area contributed by atoms with Crippen LogP contribution in [0.4, 0.5) is 5.69 Å². The number of nitrogens with one attached hydrogen (secondary N) is 1. The lowest BCUT2D eigenvalue weighted by Crippen LogP contribution is -2.45. The maximum absolute atomic E-state index is 12.9. The van der Waals surface area contributed by atoms with Gasteiger partial charge in [0.15, 0.2) is 0 Å². The average molecular weight is 338 g/mol. The van der Waals surface area contributed by atoms with Crippen LogP contribution < -0.4 is 4.90 Å². The second-order valence-electron chi connectivity index (χ2n) is 5.84. The number of carbonyl (C=O) groups is 2. The van der Waals surface area contributed by atoms with Crippen molar-refractivity contribution in [2.24, 2.45) is 0 Å². The predicted molar refractivity (Wildman–Crippen MR) is 93.4 cm³/mol. The highest BCUT2D eigenvalue weighted by Crippen LogP contribution is 2.32. The third-order valence-electron chi connectivity index (χ3n) is 4.14. The lowest BCUT2D eigenvalue weighted by Gasteiger charge is -2.29. The van der Waals surface area contributed by atoms with Gasteiger partial charge in [-0.15, -0.1) is 0 Å². The summed E-state index contributed by atoms with van der Waals surface area (Å²) >= 11 is 0. The first-order valence-corrected chi connectivity index (χ1v) is 7.86. The van der Waals surface area contributed by atoms with E-state index in [9.17, 15) is 14.7 Å². The number of carboxylic acids is 1. The Morgan fingerprint density at radius 3 is 2.68 bits per heavy atom. The molecule has 1 amide bonds. The quantitative estimate of drug-likeness (QED) is 0.744. The second-order valence-corrected chi connectivity index (χ2v) is 5.84. The predicted octanol–water partition coefficient (Wildman–Crippen LogP) is 2.32. The molecule has 7 nitrogen and oxygen atoms in total. The van der Waals surface area contributed by atoms with E-state index < -0.39 is 12.0 Å². The maximum Gasteiger partial charge on any atom is 0.326 e. The van der Waals surface area contributed by atoms with Gasteiger partial charge < -0.3 is 5.11 Å². The molecule has 2 aromatic carbocycles. The number of amides is 1. The van der Waals surface area contributed by atoms with Gasteiger partial charge in [0.25, 0.3) is 0 Å². The summed E-state index contributed by atoms with van der Waals surface area (Å²) < 4.78 is 0. The molecule has 1 atom stereocenters. The van der Waals surface area contributed by atoms with E-state index in [1.54, 1.807) is 0 Å². The molecule has 1 aromatic heterocycles. The number of aromatic nitrogens is 3. The van der Waals surface area contributed by atoms with Gasteiger partial charge in [0.1, 0.15) is 18.2 Å². The van der Waals surface area contributed by atoms with Crippen LogP contribution in [-0.4, -0.2) is 38.2 Å². The molecule has 128 valence electrons. The molecule has 1 heterocycles. The molecule has 0 fully saturated rings. The molecule has 0 aliphatic heterocycles. The smallest absolute Gasteiger partial charge is 0.326 e. The number of fused-ring (bicyclic) bond motifs is 1. The van der Waals surface area contributed by atoms with Gasteiger partial charge in [0.05, 0.1) is 12.1 Å². The minimum atomic E-state index is -1.07.